The number of carbonyl (C=O) groups excluding carboxylic acids is 1. The van der Waals surface area contributed by atoms with Gasteiger partial charge in [0, 0.05) is 18.0 Å². The second-order valence-corrected chi connectivity index (χ2v) is 8.85. The van der Waals surface area contributed by atoms with E-state index in [1.165, 1.54) is 32.4 Å². The number of hydrogen-bond donors (Lipinski definition) is 4. The van der Waals surface area contributed by atoms with E-state index in [-0.39, 0.29) is 18.0 Å². The van der Waals surface area contributed by atoms with Gasteiger partial charge in [0.2, 0.25) is 5.91 Å². The monoisotopic (exact) mass is 365 g/mol. The van der Waals surface area contributed by atoms with Gasteiger partial charge in [0.1, 0.15) is 0 Å². The van der Waals surface area contributed by atoms with Gasteiger partial charge in [0.15, 0.2) is 0 Å². The standard InChI is InChI=1S/C20H39N5O/c1-14-6-7-17(13-18(14)23-15(2)21)24-20(26)16-8-9-22-19(12-16)25-10-4-3-5-11-25/h14-19,22-23H,3-13,21H2,1-2H3,(H,24,26). The maximum Gasteiger partial charge on any atom is 0.223 e. The summed E-state index contributed by atoms with van der Waals surface area (Å²) in [5.74, 6) is 1.05. The van der Waals surface area contributed by atoms with Crippen molar-refractivity contribution in [2.45, 2.75) is 89.6 Å². The average molecular weight is 366 g/mol. The van der Waals surface area contributed by atoms with Crippen molar-refractivity contribution in [2.24, 2.45) is 17.6 Å². The third-order valence-electron chi connectivity index (χ3n) is 6.60. The van der Waals surface area contributed by atoms with Crippen molar-refractivity contribution < 1.29 is 4.79 Å². The summed E-state index contributed by atoms with van der Waals surface area (Å²) in [4.78, 5) is 15.5. The quantitative estimate of drug-likeness (QED) is 0.553. The summed E-state index contributed by atoms with van der Waals surface area (Å²) in [5.41, 5.74) is 5.93. The van der Waals surface area contributed by atoms with Gasteiger partial charge in [-0.25, -0.2) is 0 Å². The molecule has 0 radical (unpaired) electrons. The minimum Gasteiger partial charge on any atom is -0.353 e. The Labute approximate surface area is 159 Å². The van der Waals surface area contributed by atoms with Crippen molar-refractivity contribution in [3.05, 3.63) is 0 Å². The SMILES string of the molecule is CC(N)NC1CC(NC(=O)C2CCNC(N3CCCCC3)C2)CCC1C. The highest BCUT2D eigenvalue weighted by Gasteiger charge is 2.34. The van der Waals surface area contributed by atoms with Gasteiger partial charge in [0.25, 0.3) is 0 Å². The number of carbonyl (C=O) groups is 1. The van der Waals surface area contributed by atoms with E-state index in [4.69, 9.17) is 5.73 Å². The summed E-state index contributed by atoms with van der Waals surface area (Å²) in [6, 6.07) is 0.696. The molecule has 2 aliphatic heterocycles. The van der Waals surface area contributed by atoms with Crippen molar-refractivity contribution in [1.82, 2.24) is 20.9 Å². The normalized spacial score (nSPS) is 37.9. The molecule has 1 saturated carbocycles. The molecular weight excluding hydrogens is 326 g/mol. The van der Waals surface area contributed by atoms with Crippen LogP contribution in [0.3, 0.4) is 0 Å². The third kappa shape index (κ3) is 5.41. The van der Waals surface area contributed by atoms with Crippen molar-refractivity contribution in [1.29, 1.82) is 0 Å². The van der Waals surface area contributed by atoms with E-state index >= 15 is 0 Å². The Morgan fingerprint density at radius 1 is 1.15 bits per heavy atom. The van der Waals surface area contributed by atoms with Gasteiger partial charge >= 0.3 is 0 Å². The minimum atomic E-state index is 0.00613. The molecule has 150 valence electrons. The second kappa shape index (κ2) is 9.49. The summed E-state index contributed by atoms with van der Waals surface area (Å²) in [7, 11) is 0. The van der Waals surface area contributed by atoms with E-state index < -0.39 is 0 Å². The van der Waals surface area contributed by atoms with Gasteiger partial charge in [-0.15, -0.1) is 0 Å². The van der Waals surface area contributed by atoms with Crippen LogP contribution in [-0.4, -0.2) is 54.9 Å². The minimum absolute atomic E-state index is 0.00613. The Bertz CT molecular complexity index is 451. The van der Waals surface area contributed by atoms with Gasteiger partial charge in [-0.2, -0.15) is 0 Å². The lowest BCUT2D eigenvalue weighted by Crippen LogP contribution is -2.55. The van der Waals surface area contributed by atoms with Crippen LogP contribution in [0.2, 0.25) is 0 Å². The van der Waals surface area contributed by atoms with Crippen LogP contribution in [0.15, 0.2) is 0 Å². The van der Waals surface area contributed by atoms with Gasteiger partial charge in [0.05, 0.1) is 12.3 Å². The summed E-state index contributed by atoms with van der Waals surface area (Å²) in [5, 5.41) is 10.5. The number of amides is 1. The van der Waals surface area contributed by atoms with Crippen molar-refractivity contribution in [3.63, 3.8) is 0 Å². The topological polar surface area (TPSA) is 82.4 Å². The molecule has 6 atom stereocenters. The van der Waals surface area contributed by atoms with Crippen LogP contribution in [0.5, 0.6) is 0 Å². The zero-order chi connectivity index (χ0) is 18.5. The van der Waals surface area contributed by atoms with Gasteiger partial charge in [-0.3, -0.25) is 15.0 Å². The lowest BCUT2D eigenvalue weighted by molar-refractivity contribution is -0.128. The molecule has 26 heavy (non-hydrogen) atoms. The molecule has 0 aromatic rings. The Morgan fingerprint density at radius 3 is 2.65 bits per heavy atom. The Kier molecular flexibility index (Phi) is 7.32. The molecule has 5 N–H and O–H groups in total. The number of rotatable bonds is 5. The number of piperidine rings is 2. The Morgan fingerprint density at radius 2 is 1.92 bits per heavy atom. The molecule has 0 aromatic carbocycles. The van der Waals surface area contributed by atoms with Gasteiger partial charge < -0.3 is 16.4 Å². The molecule has 2 saturated heterocycles. The zero-order valence-corrected chi connectivity index (χ0v) is 16.7. The molecule has 2 heterocycles. The molecule has 0 spiro atoms. The number of nitrogens with zero attached hydrogens (tertiary/aromatic N) is 1. The smallest absolute Gasteiger partial charge is 0.223 e. The fourth-order valence-corrected chi connectivity index (χ4v) is 4.98. The molecule has 6 heteroatoms. The number of likely N-dealkylation sites (tertiary alicyclic amines) is 1. The van der Waals surface area contributed by atoms with Crippen LogP contribution < -0.4 is 21.7 Å². The van der Waals surface area contributed by atoms with Crippen LogP contribution >= 0.6 is 0 Å². The van der Waals surface area contributed by atoms with Crippen LogP contribution in [0.4, 0.5) is 0 Å². The molecular formula is C20H39N5O. The second-order valence-electron chi connectivity index (χ2n) is 8.85. The predicted molar refractivity (Wildman–Crippen MR) is 105 cm³/mol. The van der Waals surface area contributed by atoms with Crippen molar-refractivity contribution in [2.75, 3.05) is 19.6 Å². The molecule has 0 aromatic heterocycles. The van der Waals surface area contributed by atoms with Crippen LogP contribution in [0.25, 0.3) is 0 Å². The van der Waals surface area contributed by atoms with E-state index in [1.54, 1.807) is 0 Å². The highest BCUT2D eigenvalue weighted by atomic mass is 16.2. The molecule has 3 rings (SSSR count). The summed E-state index contributed by atoms with van der Waals surface area (Å²) < 4.78 is 0. The number of nitrogens with one attached hydrogen (secondary N) is 3. The summed E-state index contributed by atoms with van der Waals surface area (Å²) >= 11 is 0. The molecule has 6 nitrogen and oxygen atoms in total. The molecule has 1 aliphatic carbocycles. The van der Waals surface area contributed by atoms with Gasteiger partial charge in [-0.1, -0.05) is 13.3 Å². The first-order valence-corrected chi connectivity index (χ1v) is 10.8. The van der Waals surface area contributed by atoms with Crippen LogP contribution in [-0.2, 0) is 4.79 Å². The molecule has 3 fully saturated rings. The highest BCUT2D eigenvalue weighted by Crippen LogP contribution is 2.26. The Hall–Kier alpha value is -0.690. The van der Waals surface area contributed by atoms with E-state index in [9.17, 15) is 4.79 Å². The fourth-order valence-electron chi connectivity index (χ4n) is 4.98. The first-order valence-electron chi connectivity index (χ1n) is 10.8. The van der Waals surface area contributed by atoms with E-state index in [0.717, 1.165) is 38.6 Å². The zero-order valence-electron chi connectivity index (χ0n) is 16.7. The molecule has 6 unspecified atom stereocenters. The van der Waals surface area contributed by atoms with Crippen LogP contribution in [0, 0.1) is 11.8 Å². The predicted octanol–water partition coefficient (Wildman–Crippen LogP) is 1.37. The summed E-state index contributed by atoms with van der Waals surface area (Å²) in [6.45, 7) is 7.59. The van der Waals surface area contributed by atoms with Crippen molar-refractivity contribution >= 4 is 5.91 Å². The summed E-state index contributed by atoms with van der Waals surface area (Å²) in [6.07, 6.45) is 9.48. The maximum absolute atomic E-state index is 12.9. The lowest BCUT2D eigenvalue weighted by atomic mass is 9.82. The fraction of sp³-hybridized carbons (Fsp3) is 0.950. The molecule has 0 bridgehead atoms. The van der Waals surface area contributed by atoms with Gasteiger partial charge in [-0.05, 0) is 77.4 Å². The van der Waals surface area contributed by atoms with E-state index in [1.807, 2.05) is 6.92 Å². The number of hydrogen-bond acceptors (Lipinski definition) is 5. The highest BCUT2D eigenvalue weighted by molar-refractivity contribution is 5.79. The Balaban J connectivity index is 1.49. The number of nitrogens with two attached hydrogens (primary N) is 1. The van der Waals surface area contributed by atoms with E-state index in [2.05, 4.69) is 27.8 Å². The van der Waals surface area contributed by atoms with E-state index in [0.29, 0.717) is 24.2 Å². The lowest BCUT2D eigenvalue weighted by Gasteiger charge is -2.40. The average Bonchev–Trinajstić information content (AvgIpc) is 2.65. The molecule has 3 aliphatic rings. The third-order valence-corrected chi connectivity index (χ3v) is 6.60. The van der Waals surface area contributed by atoms with Crippen molar-refractivity contribution in [3.8, 4) is 0 Å². The first kappa shape index (κ1) is 20.1. The van der Waals surface area contributed by atoms with Crippen LogP contribution in [0.1, 0.15) is 65.2 Å². The largest absolute Gasteiger partial charge is 0.353 e. The molecule has 1 amide bonds. The first-order chi connectivity index (χ1) is 12.5. The maximum atomic E-state index is 12.9.